The maximum atomic E-state index is 13.3. The van der Waals surface area contributed by atoms with Gasteiger partial charge in [-0.15, -0.1) is 10.2 Å². The highest BCUT2D eigenvalue weighted by Gasteiger charge is 2.48. The van der Waals surface area contributed by atoms with Crippen LogP contribution in [0, 0.1) is 11.8 Å². The molecule has 1 fully saturated rings. The summed E-state index contributed by atoms with van der Waals surface area (Å²) in [6, 6.07) is 8.75. The molecule has 3 aromatic rings. The van der Waals surface area contributed by atoms with Gasteiger partial charge in [-0.2, -0.15) is 13.2 Å². The van der Waals surface area contributed by atoms with Crippen molar-refractivity contribution in [1.29, 1.82) is 0 Å². The fraction of sp³-hybridized carbons (Fsp3) is 0.500. The molecule has 1 atom stereocenters. The number of alkyl halides is 3. The number of pyridine rings is 1. The van der Waals surface area contributed by atoms with Gasteiger partial charge in [-0.25, -0.2) is 0 Å². The third-order valence-electron chi connectivity index (χ3n) is 7.57. The largest absolute Gasteiger partial charge is 0.406 e. The number of aryl methyl sites for hydroxylation is 1. The fourth-order valence-corrected chi connectivity index (χ4v) is 5.27. The van der Waals surface area contributed by atoms with E-state index < -0.39 is 24.2 Å². The first-order chi connectivity index (χ1) is 18.3. The Morgan fingerprint density at radius 3 is 2.51 bits per heavy atom. The number of carbonyl (C=O) groups excluding carboxylic acids is 1. The molecule has 11 heteroatoms. The number of amides is 1. The van der Waals surface area contributed by atoms with Gasteiger partial charge in [0.05, 0.1) is 5.41 Å². The molecule has 0 spiro atoms. The van der Waals surface area contributed by atoms with Crippen molar-refractivity contribution in [3.63, 3.8) is 0 Å². The highest BCUT2D eigenvalue weighted by atomic mass is 19.4. The molecule has 1 amide bonds. The Bertz CT molecular complexity index is 1390. The van der Waals surface area contributed by atoms with E-state index in [0.29, 0.717) is 27.7 Å². The van der Waals surface area contributed by atoms with Crippen LogP contribution in [0.4, 0.5) is 18.9 Å². The fourth-order valence-electron chi connectivity index (χ4n) is 5.27. The van der Waals surface area contributed by atoms with E-state index in [0.717, 1.165) is 30.4 Å². The van der Waals surface area contributed by atoms with E-state index >= 15 is 0 Å². The van der Waals surface area contributed by atoms with Crippen molar-refractivity contribution in [1.82, 2.24) is 24.6 Å². The first-order valence-electron chi connectivity index (χ1n) is 13.1. The molecule has 39 heavy (non-hydrogen) atoms. The molecule has 2 heterocycles. The van der Waals surface area contributed by atoms with Crippen LogP contribution in [0.3, 0.4) is 0 Å². The Hall–Kier alpha value is -3.47. The van der Waals surface area contributed by atoms with E-state index in [1.54, 1.807) is 12.4 Å². The van der Waals surface area contributed by atoms with Crippen molar-refractivity contribution in [2.75, 3.05) is 5.32 Å². The van der Waals surface area contributed by atoms with E-state index in [2.05, 4.69) is 27.8 Å². The van der Waals surface area contributed by atoms with E-state index in [9.17, 15) is 22.8 Å². The Labute approximate surface area is 225 Å². The molecule has 2 aromatic heterocycles. The van der Waals surface area contributed by atoms with Crippen molar-refractivity contribution in [3.8, 4) is 0 Å². The predicted octanol–water partition coefficient (Wildman–Crippen LogP) is 4.64. The average molecular weight is 545 g/mol. The molecule has 4 rings (SSSR count). The van der Waals surface area contributed by atoms with E-state index in [-0.39, 0.29) is 23.6 Å². The number of carbonyl (C=O) groups is 1. The average Bonchev–Trinajstić information content (AvgIpc) is 3.27. The maximum Gasteiger partial charge on any atom is 0.406 e. The zero-order valence-electron chi connectivity index (χ0n) is 22.8. The summed E-state index contributed by atoms with van der Waals surface area (Å²) < 4.78 is 42.1. The van der Waals surface area contributed by atoms with Gasteiger partial charge in [-0.3, -0.25) is 9.59 Å². The molecule has 1 aromatic carbocycles. The zero-order valence-corrected chi connectivity index (χ0v) is 22.8. The minimum Gasteiger partial charge on any atom is -0.322 e. The molecule has 210 valence electrons. The smallest absolute Gasteiger partial charge is 0.322 e. The summed E-state index contributed by atoms with van der Waals surface area (Å²) in [4.78, 5) is 26.2. The molecule has 0 saturated heterocycles. The molecular formula is C28H35F3N6O2. The van der Waals surface area contributed by atoms with Crippen molar-refractivity contribution in [3.05, 3.63) is 75.7 Å². The lowest BCUT2D eigenvalue weighted by molar-refractivity contribution is -0.141. The normalized spacial score (nSPS) is 20.1. The van der Waals surface area contributed by atoms with Gasteiger partial charge in [0.15, 0.2) is 0 Å². The molecule has 1 unspecified atom stereocenters. The maximum absolute atomic E-state index is 13.3. The van der Waals surface area contributed by atoms with Crippen LogP contribution in [-0.2, 0) is 25.6 Å². The quantitative estimate of drug-likeness (QED) is 0.409. The second-order valence-corrected chi connectivity index (χ2v) is 11.1. The lowest BCUT2D eigenvalue weighted by atomic mass is 9.58. The number of nitrogens with zero attached hydrogens (tertiary/aromatic N) is 4. The summed E-state index contributed by atoms with van der Waals surface area (Å²) in [5.74, 6) is 0.850. The molecule has 1 aliphatic carbocycles. The summed E-state index contributed by atoms with van der Waals surface area (Å²) in [6.07, 6.45) is -0.0692. The Morgan fingerprint density at radius 1 is 1.21 bits per heavy atom. The molecular weight excluding hydrogens is 509 g/mol. The second kappa shape index (κ2) is 11.0. The van der Waals surface area contributed by atoms with Crippen LogP contribution in [0.5, 0.6) is 0 Å². The van der Waals surface area contributed by atoms with Gasteiger partial charge in [0, 0.05) is 31.5 Å². The molecule has 2 N–H and O–H groups in total. The van der Waals surface area contributed by atoms with Crippen molar-refractivity contribution in [2.24, 2.45) is 18.9 Å². The SMILES string of the molecule is CC1CC(c2cccc(NC(=O)c3cc(CNC(C)C(C)C)cn(CC(F)(F)F)c3=O)c2)(c2nncn2C)C1. The summed E-state index contributed by atoms with van der Waals surface area (Å²) >= 11 is 0. The van der Waals surface area contributed by atoms with Gasteiger partial charge < -0.3 is 19.8 Å². The standard InChI is InChI=1S/C28H35F3N6O2/c1-17(2)19(4)32-13-20-9-23(25(39)37(14-20)15-28(29,30)31)24(38)34-22-8-6-7-21(10-22)27(11-18(3)12-27)26-35-33-16-36(26)5/h6-10,14,16-19,32H,11-13,15H2,1-5H3,(H,34,38). The molecule has 0 aliphatic heterocycles. The summed E-state index contributed by atoms with van der Waals surface area (Å²) in [5.41, 5.74) is 0.104. The number of halogens is 3. The Morgan fingerprint density at radius 2 is 1.92 bits per heavy atom. The number of hydrogen-bond acceptors (Lipinski definition) is 5. The highest BCUT2D eigenvalue weighted by molar-refractivity contribution is 6.04. The number of hydrogen-bond donors (Lipinski definition) is 2. The lowest BCUT2D eigenvalue weighted by Crippen LogP contribution is -2.43. The molecule has 1 aliphatic rings. The van der Waals surface area contributed by atoms with Crippen LogP contribution in [-0.4, -0.2) is 37.5 Å². The van der Waals surface area contributed by atoms with Crippen LogP contribution < -0.4 is 16.2 Å². The molecule has 8 nitrogen and oxygen atoms in total. The van der Waals surface area contributed by atoms with Crippen LogP contribution >= 0.6 is 0 Å². The minimum atomic E-state index is -4.61. The second-order valence-electron chi connectivity index (χ2n) is 11.1. The van der Waals surface area contributed by atoms with Crippen LogP contribution in [0.25, 0.3) is 0 Å². The van der Waals surface area contributed by atoms with E-state index in [1.807, 2.05) is 50.6 Å². The van der Waals surface area contributed by atoms with Crippen molar-refractivity contribution in [2.45, 2.75) is 71.3 Å². The molecule has 1 saturated carbocycles. The number of nitrogens with one attached hydrogen (secondary N) is 2. The first-order valence-corrected chi connectivity index (χ1v) is 13.1. The van der Waals surface area contributed by atoms with Gasteiger partial charge in [0.25, 0.3) is 11.5 Å². The number of benzene rings is 1. The Kier molecular flexibility index (Phi) is 8.02. The van der Waals surface area contributed by atoms with Crippen molar-refractivity contribution < 1.29 is 18.0 Å². The summed E-state index contributed by atoms with van der Waals surface area (Å²) in [7, 11) is 1.89. The van der Waals surface area contributed by atoms with Crippen molar-refractivity contribution >= 4 is 11.6 Å². The number of aromatic nitrogens is 4. The van der Waals surface area contributed by atoms with Gasteiger partial charge in [-0.1, -0.05) is 32.9 Å². The van der Waals surface area contributed by atoms with Crippen LogP contribution in [0.15, 0.2) is 47.7 Å². The van der Waals surface area contributed by atoms with Gasteiger partial charge in [0.2, 0.25) is 0 Å². The third-order valence-corrected chi connectivity index (χ3v) is 7.57. The monoisotopic (exact) mass is 544 g/mol. The highest BCUT2D eigenvalue weighted by Crippen LogP contribution is 2.51. The molecule has 0 bridgehead atoms. The van der Waals surface area contributed by atoms with Gasteiger partial charge >= 0.3 is 6.18 Å². The van der Waals surface area contributed by atoms with Crippen LogP contribution in [0.1, 0.15) is 67.8 Å². The number of anilines is 1. The van der Waals surface area contributed by atoms with Gasteiger partial charge in [-0.05, 0) is 60.9 Å². The lowest BCUT2D eigenvalue weighted by Gasteiger charge is -2.46. The number of rotatable bonds is 9. The summed E-state index contributed by atoms with van der Waals surface area (Å²) in [6.45, 7) is 6.91. The van der Waals surface area contributed by atoms with E-state index in [4.69, 9.17) is 0 Å². The van der Waals surface area contributed by atoms with E-state index in [1.165, 1.54) is 6.07 Å². The zero-order chi connectivity index (χ0) is 28.5. The third kappa shape index (κ3) is 6.24. The summed E-state index contributed by atoms with van der Waals surface area (Å²) in [5, 5.41) is 14.4. The van der Waals surface area contributed by atoms with Crippen LogP contribution in [0.2, 0.25) is 0 Å². The minimum absolute atomic E-state index is 0.0865. The molecule has 0 radical (unpaired) electrons. The topological polar surface area (TPSA) is 93.8 Å². The van der Waals surface area contributed by atoms with Gasteiger partial charge in [0.1, 0.15) is 24.3 Å². The Balaban J connectivity index is 1.64. The predicted molar refractivity (Wildman–Crippen MR) is 142 cm³/mol. The first kappa shape index (κ1) is 28.5.